The van der Waals surface area contributed by atoms with Gasteiger partial charge in [0, 0.05) is 32.0 Å². The maximum absolute atomic E-state index is 5.64. The molecular formula is C16H16N4O4. The summed E-state index contributed by atoms with van der Waals surface area (Å²) < 4.78 is 21.3. The van der Waals surface area contributed by atoms with E-state index >= 15 is 0 Å². The van der Waals surface area contributed by atoms with Crippen LogP contribution in [0.25, 0.3) is 0 Å². The summed E-state index contributed by atoms with van der Waals surface area (Å²) >= 11 is 0. The van der Waals surface area contributed by atoms with Crippen molar-refractivity contribution >= 4 is 0 Å². The summed E-state index contributed by atoms with van der Waals surface area (Å²) in [6.45, 7) is 0.714. The van der Waals surface area contributed by atoms with Gasteiger partial charge in [0.1, 0.15) is 11.5 Å². The lowest BCUT2D eigenvalue weighted by atomic mass is 10.3. The molecule has 0 aliphatic carbocycles. The van der Waals surface area contributed by atoms with Crippen molar-refractivity contribution in [3.63, 3.8) is 0 Å². The van der Waals surface area contributed by atoms with E-state index in [-0.39, 0.29) is 12.6 Å². The number of methoxy groups -OCH3 is 1. The van der Waals surface area contributed by atoms with Crippen LogP contribution in [0.4, 0.5) is 0 Å². The smallest absolute Gasteiger partial charge is 0.321 e. The van der Waals surface area contributed by atoms with Crippen LogP contribution in [0.2, 0.25) is 0 Å². The second-order valence-electron chi connectivity index (χ2n) is 4.74. The maximum atomic E-state index is 5.64. The van der Waals surface area contributed by atoms with Gasteiger partial charge in [0.15, 0.2) is 12.4 Å². The van der Waals surface area contributed by atoms with E-state index in [1.54, 1.807) is 43.8 Å². The van der Waals surface area contributed by atoms with Crippen LogP contribution in [0.5, 0.6) is 17.5 Å². The Labute approximate surface area is 138 Å². The summed E-state index contributed by atoms with van der Waals surface area (Å²) in [5.74, 6) is 2.18. The van der Waals surface area contributed by atoms with E-state index in [4.69, 9.17) is 18.7 Å². The molecule has 0 atom stereocenters. The highest BCUT2D eigenvalue weighted by Crippen LogP contribution is 2.23. The molecule has 0 spiro atoms. The SMILES string of the molecule is COCCc1noc(COc2cccc(Oc3ncccn3)c2)n1. The van der Waals surface area contributed by atoms with E-state index in [0.717, 1.165) is 0 Å². The van der Waals surface area contributed by atoms with Crippen molar-refractivity contribution in [2.75, 3.05) is 13.7 Å². The first-order chi connectivity index (χ1) is 11.8. The number of ether oxygens (including phenoxy) is 3. The normalized spacial score (nSPS) is 10.5. The number of rotatable bonds is 8. The van der Waals surface area contributed by atoms with Crippen LogP contribution in [0.15, 0.2) is 47.2 Å². The van der Waals surface area contributed by atoms with Crippen molar-refractivity contribution in [2.45, 2.75) is 13.0 Å². The third-order valence-corrected chi connectivity index (χ3v) is 2.96. The van der Waals surface area contributed by atoms with Crippen molar-refractivity contribution in [1.29, 1.82) is 0 Å². The Morgan fingerprint density at radius 2 is 1.92 bits per heavy atom. The Morgan fingerprint density at radius 3 is 2.75 bits per heavy atom. The van der Waals surface area contributed by atoms with Crippen LogP contribution in [0.1, 0.15) is 11.7 Å². The van der Waals surface area contributed by atoms with Crippen molar-refractivity contribution in [1.82, 2.24) is 20.1 Å². The molecule has 0 bridgehead atoms. The highest BCUT2D eigenvalue weighted by Gasteiger charge is 2.08. The van der Waals surface area contributed by atoms with Gasteiger partial charge in [-0.25, -0.2) is 9.97 Å². The minimum absolute atomic E-state index is 0.172. The molecule has 8 nitrogen and oxygen atoms in total. The summed E-state index contributed by atoms with van der Waals surface area (Å²) in [4.78, 5) is 12.2. The van der Waals surface area contributed by atoms with E-state index in [1.807, 2.05) is 6.07 Å². The number of hydrogen-bond acceptors (Lipinski definition) is 8. The van der Waals surface area contributed by atoms with Crippen LogP contribution in [-0.2, 0) is 17.8 Å². The molecule has 0 unspecified atom stereocenters. The van der Waals surface area contributed by atoms with Gasteiger partial charge < -0.3 is 18.7 Å². The van der Waals surface area contributed by atoms with Crippen LogP contribution >= 0.6 is 0 Å². The number of nitrogens with zero attached hydrogens (tertiary/aromatic N) is 4. The topological polar surface area (TPSA) is 92.4 Å². The fourth-order valence-electron chi connectivity index (χ4n) is 1.86. The second kappa shape index (κ2) is 8.02. The van der Waals surface area contributed by atoms with Gasteiger partial charge in [-0.15, -0.1) is 0 Å². The van der Waals surface area contributed by atoms with Crippen LogP contribution in [0, 0.1) is 0 Å². The molecule has 2 aromatic heterocycles. The summed E-state index contributed by atoms with van der Waals surface area (Å²) in [5.41, 5.74) is 0. The molecule has 0 amide bonds. The third kappa shape index (κ3) is 4.50. The lowest BCUT2D eigenvalue weighted by Gasteiger charge is -2.06. The molecule has 0 aliphatic rings. The minimum Gasteiger partial charge on any atom is -0.484 e. The van der Waals surface area contributed by atoms with Gasteiger partial charge in [-0.1, -0.05) is 11.2 Å². The van der Waals surface area contributed by atoms with Gasteiger partial charge in [-0.05, 0) is 18.2 Å². The quantitative estimate of drug-likeness (QED) is 0.622. The Morgan fingerprint density at radius 1 is 1.08 bits per heavy atom. The Bertz CT molecular complexity index is 764. The number of aromatic nitrogens is 4. The first kappa shape index (κ1) is 15.9. The van der Waals surface area contributed by atoms with Crippen molar-refractivity contribution in [2.24, 2.45) is 0 Å². The molecule has 124 valence electrons. The van der Waals surface area contributed by atoms with Crippen LogP contribution < -0.4 is 9.47 Å². The first-order valence-electron chi connectivity index (χ1n) is 7.31. The molecule has 0 aliphatic heterocycles. The van der Waals surface area contributed by atoms with Gasteiger partial charge in [0.25, 0.3) is 5.89 Å². The molecule has 8 heteroatoms. The van der Waals surface area contributed by atoms with E-state index in [0.29, 0.717) is 36.2 Å². The van der Waals surface area contributed by atoms with Gasteiger partial charge in [0.05, 0.1) is 6.61 Å². The average Bonchev–Trinajstić information content (AvgIpc) is 3.07. The molecule has 2 heterocycles. The minimum atomic E-state index is 0.172. The van der Waals surface area contributed by atoms with Gasteiger partial charge >= 0.3 is 6.01 Å². The predicted molar refractivity (Wildman–Crippen MR) is 82.8 cm³/mol. The third-order valence-electron chi connectivity index (χ3n) is 2.96. The van der Waals surface area contributed by atoms with Gasteiger partial charge in [-0.2, -0.15) is 4.98 Å². The lowest BCUT2D eigenvalue weighted by Crippen LogP contribution is -1.99. The number of hydrogen-bond donors (Lipinski definition) is 0. The van der Waals surface area contributed by atoms with E-state index in [9.17, 15) is 0 Å². The Hall–Kier alpha value is -3.00. The second-order valence-corrected chi connectivity index (χ2v) is 4.74. The van der Waals surface area contributed by atoms with Crippen molar-refractivity contribution < 1.29 is 18.7 Å². The number of benzene rings is 1. The van der Waals surface area contributed by atoms with E-state index in [2.05, 4.69) is 20.1 Å². The Kier molecular flexibility index (Phi) is 5.31. The molecule has 0 fully saturated rings. The largest absolute Gasteiger partial charge is 0.484 e. The molecule has 0 N–H and O–H groups in total. The standard InChI is InChI=1S/C16H16N4O4/c1-21-9-6-14-19-15(24-20-14)11-22-12-4-2-5-13(10-12)23-16-17-7-3-8-18-16/h2-5,7-8,10H,6,9,11H2,1H3. The molecule has 24 heavy (non-hydrogen) atoms. The molecule has 3 rings (SSSR count). The molecular weight excluding hydrogens is 312 g/mol. The Balaban J connectivity index is 1.57. The first-order valence-corrected chi connectivity index (χ1v) is 7.31. The molecule has 1 aromatic carbocycles. The summed E-state index contributed by atoms with van der Waals surface area (Å²) in [5, 5.41) is 3.85. The van der Waals surface area contributed by atoms with Crippen molar-refractivity contribution in [3.05, 3.63) is 54.4 Å². The summed E-state index contributed by atoms with van der Waals surface area (Å²) in [7, 11) is 1.62. The van der Waals surface area contributed by atoms with Crippen LogP contribution in [0.3, 0.4) is 0 Å². The summed E-state index contributed by atoms with van der Waals surface area (Å²) in [6, 6.07) is 9.14. The molecule has 0 saturated carbocycles. The predicted octanol–water partition coefficient (Wildman–Crippen LogP) is 2.42. The fourth-order valence-corrected chi connectivity index (χ4v) is 1.86. The van der Waals surface area contributed by atoms with E-state index in [1.165, 1.54) is 0 Å². The highest BCUT2D eigenvalue weighted by atomic mass is 16.5. The molecule has 3 aromatic rings. The fraction of sp³-hybridized carbons (Fsp3) is 0.250. The van der Waals surface area contributed by atoms with E-state index < -0.39 is 0 Å². The molecule has 0 radical (unpaired) electrons. The average molecular weight is 328 g/mol. The summed E-state index contributed by atoms with van der Waals surface area (Å²) in [6.07, 6.45) is 3.82. The van der Waals surface area contributed by atoms with Gasteiger partial charge in [0.2, 0.25) is 0 Å². The zero-order chi connectivity index (χ0) is 16.6. The van der Waals surface area contributed by atoms with Crippen LogP contribution in [-0.4, -0.2) is 33.8 Å². The zero-order valence-electron chi connectivity index (χ0n) is 13.1. The highest BCUT2D eigenvalue weighted by molar-refractivity contribution is 5.34. The zero-order valence-corrected chi connectivity index (χ0v) is 13.1. The monoisotopic (exact) mass is 328 g/mol. The van der Waals surface area contributed by atoms with Crippen molar-refractivity contribution in [3.8, 4) is 17.5 Å². The molecule has 0 saturated heterocycles. The lowest BCUT2D eigenvalue weighted by molar-refractivity contribution is 0.199. The van der Waals surface area contributed by atoms with Gasteiger partial charge in [-0.3, -0.25) is 0 Å². The maximum Gasteiger partial charge on any atom is 0.321 e.